The number of carbonyl (C=O) groups excluding carboxylic acids is 2. The maximum atomic E-state index is 12.3. The molecule has 3 N–H and O–H groups in total. The molecule has 1 aliphatic heterocycles. The third-order valence-corrected chi connectivity index (χ3v) is 4.26. The van der Waals surface area contributed by atoms with Gasteiger partial charge in [0.25, 0.3) is 0 Å². The van der Waals surface area contributed by atoms with E-state index in [1.807, 2.05) is 54.6 Å². The maximum absolute atomic E-state index is 12.3. The van der Waals surface area contributed by atoms with Gasteiger partial charge in [-0.25, -0.2) is 0 Å². The molecule has 0 radical (unpaired) electrons. The van der Waals surface area contributed by atoms with Crippen LogP contribution in [0.4, 0.5) is 5.69 Å². The summed E-state index contributed by atoms with van der Waals surface area (Å²) in [6.45, 7) is 0.659. The first-order chi connectivity index (χ1) is 11.6. The van der Waals surface area contributed by atoms with Crippen LogP contribution in [0.1, 0.15) is 23.6 Å². The number of nitrogens with zero attached hydrogens (tertiary/aromatic N) is 1. The third-order valence-electron chi connectivity index (χ3n) is 4.26. The zero-order valence-corrected chi connectivity index (χ0v) is 13.4. The van der Waals surface area contributed by atoms with Gasteiger partial charge < -0.3 is 16.0 Å². The lowest BCUT2D eigenvalue weighted by Crippen LogP contribution is -2.40. The van der Waals surface area contributed by atoms with E-state index in [1.54, 1.807) is 4.90 Å². The van der Waals surface area contributed by atoms with Crippen molar-refractivity contribution in [2.45, 2.75) is 18.9 Å². The molecule has 124 valence electrons. The van der Waals surface area contributed by atoms with E-state index in [-0.39, 0.29) is 30.8 Å². The topological polar surface area (TPSA) is 75.4 Å². The van der Waals surface area contributed by atoms with Gasteiger partial charge in [-0.2, -0.15) is 0 Å². The molecule has 2 aromatic carbocycles. The van der Waals surface area contributed by atoms with E-state index in [1.165, 1.54) is 5.56 Å². The molecule has 1 heterocycles. The highest BCUT2D eigenvalue weighted by Gasteiger charge is 2.24. The van der Waals surface area contributed by atoms with Crippen LogP contribution < -0.4 is 16.0 Å². The van der Waals surface area contributed by atoms with Crippen molar-refractivity contribution in [1.82, 2.24) is 5.32 Å². The number of fused-ring (bicyclic) bond motifs is 1. The minimum atomic E-state index is -0.367. The number of carbonyl (C=O) groups is 2. The van der Waals surface area contributed by atoms with Gasteiger partial charge in [0.1, 0.15) is 0 Å². The Morgan fingerprint density at radius 2 is 1.79 bits per heavy atom. The molecule has 1 atom stereocenters. The van der Waals surface area contributed by atoms with Crippen molar-refractivity contribution in [2.75, 3.05) is 18.0 Å². The highest BCUT2D eigenvalue weighted by atomic mass is 16.2. The van der Waals surface area contributed by atoms with Crippen LogP contribution in [0.2, 0.25) is 0 Å². The van der Waals surface area contributed by atoms with Crippen molar-refractivity contribution in [3.05, 3.63) is 65.7 Å². The number of benzene rings is 2. The lowest BCUT2D eigenvalue weighted by molar-refractivity contribution is -0.125. The van der Waals surface area contributed by atoms with Gasteiger partial charge in [-0.1, -0.05) is 48.5 Å². The number of anilines is 1. The second-order valence-corrected chi connectivity index (χ2v) is 5.92. The Labute approximate surface area is 141 Å². The fourth-order valence-corrected chi connectivity index (χ4v) is 2.96. The van der Waals surface area contributed by atoms with Crippen LogP contribution in [0.15, 0.2) is 54.6 Å². The summed E-state index contributed by atoms with van der Waals surface area (Å²) in [6, 6.07) is 17.0. The van der Waals surface area contributed by atoms with Crippen molar-refractivity contribution in [2.24, 2.45) is 5.73 Å². The molecule has 2 amide bonds. The smallest absolute Gasteiger partial charge is 0.246 e. The Morgan fingerprint density at radius 1 is 1.08 bits per heavy atom. The molecule has 0 aromatic heterocycles. The van der Waals surface area contributed by atoms with E-state index >= 15 is 0 Å². The first kappa shape index (κ1) is 16.2. The van der Waals surface area contributed by atoms with Crippen LogP contribution >= 0.6 is 0 Å². The molecular weight excluding hydrogens is 302 g/mol. The van der Waals surface area contributed by atoms with Gasteiger partial charge in [0.15, 0.2) is 0 Å². The van der Waals surface area contributed by atoms with Gasteiger partial charge in [-0.15, -0.1) is 0 Å². The molecule has 0 aliphatic carbocycles. The SMILES string of the molecule is NC(CC(=O)NCC(=O)N1CCc2ccccc21)c1ccccc1. The van der Waals surface area contributed by atoms with E-state index in [0.29, 0.717) is 6.54 Å². The van der Waals surface area contributed by atoms with Crippen molar-refractivity contribution in [3.8, 4) is 0 Å². The summed E-state index contributed by atoms with van der Waals surface area (Å²) in [6.07, 6.45) is 1.02. The average molecular weight is 323 g/mol. The van der Waals surface area contributed by atoms with Gasteiger partial charge in [0, 0.05) is 24.7 Å². The molecule has 1 unspecified atom stereocenters. The Balaban J connectivity index is 1.51. The minimum Gasteiger partial charge on any atom is -0.347 e. The van der Waals surface area contributed by atoms with Gasteiger partial charge in [-0.05, 0) is 23.6 Å². The summed E-state index contributed by atoms with van der Waals surface area (Å²) in [4.78, 5) is 26.1. The standard InChI is InChI=1S/C19H21N3O2/c20-16(14-6-2-1-3-7-14)12-18(23)21-13-19(24)22-11-10-15-8-4-5-9-17(15)22/h1-9,16H,10-13,20H2,(H,21,23). The van der Waals surface area contributed by atoms with Crippen LogP contribution in [0.3, 0.4) is 0 Å². The number of hydrogen-bond donors (Lipinski definition) is 2. The van der Waals surface area contributed by atoms with Crippen molar-refractivity contribution < 1.29 is 9.59 Å². The van der Waals surface area contributed by atoms with E-state index in [4.69, 9.17) is 5.73 Å². The quantitative estimate of drug-likeness (QED) is 0.881. The van der Waals surface area contributed by atoms with Gasteiger partial charge in [0.05, 0.1) is 6.54 Å². The van der Waals surface area contributed by atoms with E-state index in [2.05, 4.69) is 5.32 Å². The number of nitrogens with one attached hydrogen (secondary N) is 1. The number of para-hydroxylation sites is 1. The summed E-state index contributed by atoms with van der Waals surface area (Å²) < 4.78 is 0. The molecule has 0 saturated heterocycles. The molecule has 24 heavy (non-hydrogen) atoms. The molecule has 5 heteroatoms. The predicted molar refractivity (Wildman–Crippen MR) is 93.5 cm³/mol. The molecule has 0 fully saturated rings. The minimum absolute atomic E-state index is 0.00528. The van der Waals surface area contributed by atoms with E-state index in [0.717, 1.165) is 17.7 Å². The number of nitrogens with two attached hydrogens (primary N) is 1. The highest BCUT2D eigenvalue weighted by Crippen LogP contribution is 2.27. The second-order valence-electron chi connectivity index (χ2n) is 5.92. The Bertz CT molecular complexity index is 730. The third kappa shape index (κ3) is 3.63. The molecule has 2 aromatic rings. The lowest BCUT2D eigenvalue weighted by Gasteiger charge is -2.18. The Kier molecular flexibility index (Phi) is 4.91. The molecular formula is C19H21N3O2. The second kappa shape index (κ2) is 7.27. The zero-order chi connectivity index (χ0) is 16.9. The first-order valence-electron chi connectivity index (χ1n) is 8.10. The zero-order valence-electron chi connectivity index (χ0n) is 13.4. The first-order valence-corrected chi connectivity index (χ1v) is 8.10. The fourth-order valence-electron chi connectivity index (χ4n) is 2.96. The molecule has 0 saturated carbocycles. The monoisotopic (exact) mass is 323 g/mol. The molecule has 0 spiro atoms. The maximum Gasteiger partial charge on any atom is 0.246 e. The number of hydrogen-bond acceptors (Lipinski definition) is 3. The normalized spacial score (nSPS) is 14.1. The predicted octanol–water partition coefficient (Wildman–Crippen LogP) is 1.78. The average Bonchev–Trinajstić information content (AvgIpc) is 3.04. The number of rotatable bonds is 5. The molecule has 5 nitrogen and oxygen atoms in total. The summed E-state index contributed by atoms with van der Waals surface area (Å²) in [5.41, 5.74) is 9.05. The summed E-state index contributed by atoms with van der Waals surface area (Å²) in [7, 11) is 0. The van der Waals surface area contributed by atoms with Crippen molar-refractivity contribution in [1.29, 1.82) is 0 Å². The van der Waals surface area contributed by atoms with Crippen LogP contribution in [0, 0.1) is 0 Å². The van der Waals surface area contributed by atoms with Gasteiger partial charge >= 0.3 is 0 Å². The Hall–Kier alpha value is -2.66. The van der Waals surface area contributed by atoms with Gasteiger partial charge in [0.2, 0.25) is 11.8 Å². The van der Waals surface area contributed by atoms with E-state index in [9.17, 15) is 9.59 Å². The van der Waals surface area contributed by atoms with Crippen molar-refractivity contribution >= 4 is 17.5 Å². The van der Waals surface area contributed by atoms with Crippen LogP contribution in [-0.2, 0) is 16.0 Å². The molecule has 3 rings (SSSR count). The van der Waals surface area contributed by atoms with Crippen LogP contribution in [0.5, 0.6) is 0 Å². The highest BCUT2D eigenvalue weighted by molar-refractivity contribution is 5.98. The van der Waals surface area contributed by atoms with E-state index < -0.39 is 0 Å². The van der Waals surface area contributed by atoms with Crippen LogP contribution in [0.25, 0.3) is 0 Å². The summed E-state index contributed by atoms with van der Waals surface area (Å²) in [5, 5.41) is 2.68. The summed E-state index contributed by atoms with van der Waals surface area (Å²) >= 11 is 0. The Morgan fingerprint density at radius 3 is 2.58 bits per heavy atom. The van der Waals surface area contributed by atoms with Crippen molar-refractivity contribution in [3.63, 3.8) is 0 Å². The van der Waals surface area contributed by atoms with Crippen LogP contribution in [-0.4, -0.2) is 24.9 Å². The molecule has 1 aliphatic rings. The number of amides is 2. The lowest BCUT2D eigenvalue weighted by atomic mass is 10.0. The van der Waals surface area contributed by atoms with Gasteiger partial charge in [-0.3, -0.25) is 9.59 Å². The summed E-state index contributed by atoms with van der Waals surface area (Å²) in [5.74, 6) is -0.311. The fraction of sp³-hybridized carbons (Fsp3) is 0.263. The largest absolute Gasteiger partial charge is 0.347 e. The molecule has 0 bridgehead atoms.